The number of nitrogens with one attached hydrogen (secondary N) is 1. The average molecular weight is 281 g/mol. The van der Waals surface area contributed by atoms with Crippen LogP contribution in [-0.2, 0) is 20.8 Å². The first-order valence-corrected chi connectivity index (χ1v) is 6.95. The molecule has 1 saturated heterocycles. The fraction of sp³-hybridized carbons (Fsp3) is 0.714. The minimum atomic E-state index is -0.142. The third-order valence-corrected chi connectivity index (χ3v) is 3.33. The molecule has 0 spiro atoms. The molecular weight excluding hydrogens is 258 g/mol. The van der Waals surface area contributed by atoms with Crippen molar-refractivity contribution >= 4 is 0 Å². The number of ether oxygens (including phenoxy) is 3. The Morgan fingerprint density at radius 3 is 2.60 bits per heavy atom. The van der Waals surface area contributed by atoms with E-state index in [0.717, 1.165) is 35.9 Å². The first-order chi connectivity index (χ1) is 9.72. The third-order valence-electron chi connectivity index (χ3n) is 3.33. The summed E-state index contributed by atoms with van der Waals surface area (Å²) in [5.74, 6) is 0.723. The summed E-state index contributed by atoms with van der Waals surface area (Å²) in [5.41, 5.74) is 3.12. The Morgan fingerprint density at radius 1 is 1.25 bits per heavy atom. The number of methoxy groups -OCH3 is 1. The molecule has 0 aliphatic carbocycles. The second-order valence-corrected chi connectivity index (χ2v) is 4.84. The molecule has 112 valence electrons. The number of nitrogens with zero attached hydrogens (tertiary/aromatic N) is 2. The van der Waals surface area contributed by atoms with E-state index in [-0.39, 0.29) is 6.10 Å². The Bertz CT molecular complexity index is 411. The molecule has 1 aliphatic heterocycles. The second kappa shape index (κ2) is 7.64. The Kier molecular flexibility index (Phi) is 5.85. The van der Waals surface area contributed by atoms with Gasteiger partial charge in [0.1, 0.15) is 6.10 Å². The van der Waals surface area contributed by atoms with E-state index >= 15 is 0 Å². The van der Waals surface area contributed by atoms with Crippen molar-refractivity contribution in [3.63, 3.8) is 0 Å². The maximum atomic E-state index is 5.64. The summed E-state index contributed by atoms with van der Waals surface area (Å²) in [5, 5.41) is 3.32. The number of aromatic nitrogens is 2. The molecule has 1 atom stereocenters. The van der Waals surface area contributed by atoms with Crippen LogP contribution >= 0.6 is 0 Å². The molecule has 1 fully saturated rings. The van der Waals surface area contributed by atoms with Crippen molar-refractivity contribution in [1.82, 2.24) is 15.3 Å². The van der Waals surface area contributed by atoms with E-state index in [1.165, 1.54) is 0 Å². The van der Waals surface area contributed by atoms with Gasteiger partial charge in [-0.2, -0.15) is 0 Å². The van der Waals surface area contributed by atoms with Gasteiger partial charge in [0.25, 0.3) is 0 Å². The van der Waals surface area contributed by atoms with E-state index in [1.807, 2.05) is 13.8 Å². The van der Waals surface area contributed by atoms with E-state index in [4.69, 9.17) is 14.2 Å². The quantitative estimate of drug-likeness (QED) is 0.782. The Labute approximate surface area is 119 Å². The van der Waals surface area contributed by atoms with Crippen molar-refractivity contribution in [3.05, 3.63) is 22.8 Å². The van der Waals surface area contributed by atoms with Crippen molar-refractivity contribution in [3.8, 4) is 0 Å². The van der Waals surface area contributed by atoms with Crippen LogP contribution in [0, 0.1) is 13.8 Å². The Balaban J connectivity index is 2.03. The van der Waals surface area contributed by atoms with Crippen LogP contribution in [0.2, 0.25) is 0 Å². The van der Waals surface area contributed by atoms with Gasteiger partial charge in [0.05, 0.1) is 26.4 Å². The zero-order valence-corrected chi connectivity index (χ0v) is 12.4. The van der Waals surface area contributed by atoms with Gasteiger partial charge in [-0.25, -0.2) is 9.97 Å². The largest absolute Gasteiger partial charge is 0.383 e. The van der Waals surface area contributed by atoms with Crippen LogP contribution in [0.4, 0.5) is 0 Å². The lowest BCUT2D eigenvalue weighted by Crippen LogP contribution is -2.25. The molecule has 2 rings (SSSR count). The molecule has 0 saturated carbocycles. The number of hydrogen-bond acceptors (Lipinski definition) is 6. The van der Waals surface area contributed by atoms with Crippen LogP contribution < -0.4 is 5.32 Å². The summed E-state index contributed by atoms with van der Waals surface area (Å²) in [6.07, 6.45) is -0.142. The van der Waals surface area contributed by atoms with Crippen molar-refractivity contribution in [2.24, 2.45) is 0 Å². The van der Waals surface area contributed by atoms with Crippen molar-refractivity contribution < 1.29 is 14.2 Å². The fourth-order valence-corrected chi connectivity index (χ4v) is 2.19. The van der Waals surface area contributed by atoms with Crippen molar-refractivity contribution in [2.45, 2.75) is 26.5 Å². The number of hydrogen-bond donors (Lipinski definition) is 1. The lowest BCUT2D eigenvalue weighted by molar-refractivity contribution is -0.0936. The maximum Gasteiger partial charge on any atom is 0.160 e. The molecule has 0 radical (unpaired) electrons. The van der Waals surface area contributed by atoms with Gasteiger partial charge < -0.3 is 19.5 Å². The molecule has 6 heteroatoms. The van der Waals surface area contributed by atoms with Crippen molar-refractivity contribution in [1.29, 1.82) is 0 Å². The molecular formula is C14H23N3O3. The topological polar surface area (TPSA) is 65.5 Å². The molecule has 1 N–H and O–H groups in total. The molecule has 0 bridgehead atoms. The molecule has 1 unspecified atom stereocenters. The molecule has 0 aromatic carbocycles. The highest BCUT2D eigenvalue weighted by Crippen LogP contribution is 2.20. The average Bonchev–Trinajstić information content (AvgIpc) is 2.46. The zero-order valence-electron chi connectivity index (χ0n) is 12.4. The van der Waals surface area contributed by atoms with Crippen LogP contribution in [0.5, 0.6) is 0 Å². The van der Waals surface area contributed by atoms with E-state index < -0.39 is 0 Å². The van der Waals surface area contributed by atoms with Gasteiger partial charge in [0.15, 0.2) is 5.82 Å². The number of aryl methyl sites for hydroxylation is 2. The van der Waals surface area contributed by atoms with Crippen LogP contribution in [-0.4, -0.2) is 50.1 Å². The summed E-state index contributed by atoms with van der Waals surface area (Å²) in [7, 11) is 1.70. The van der Waals surface area contributed by atoms with Crippen LogP contribution in [0.3, 0.4) is 0 Å². The maximum absolute atomic E-state index is 5.64. The van der Waals surface area contributed by atoms with E-state index in [1.54, 1.807) is 7.11 Å². The molecule has 1 aromatic rings. The standard InChI is InChI=1S/C14H23N3O3/c1-10-12(8-15-4-5-18-3)11(2)17-14(16-10)13-9-19-6-7-20-13/h13,15H,4-9H2,1-3H3. The highest BCUT2D eigenvalue weighted by atomic mass is 16.6. The van der Waals surface area contributed by atoms with Crippen LogP contribution in [0.15, 0.2) is 0 Å². The summed E-state index contributed by atoms with van der Waals surface area (Å²) in [6, 6.07) is 0. The lowest BCUT2D eigenvalue weighted by atomic mass is 10.1. The number of rotatable bonds is 6. The zero-order chi connectivity index (χ0) is 14.4. The molecule has 6 nitrogen and oxygen atoms in total. The van der Waals surface area contributed by atoms with Gasteiger partial charge in [0, 0.05) is 37.2 Å². The summed E-state index contributed by atoms with van der Waals surface area (Å²) >= 11 is 0. The van der Waals surface area contributed by atoms with E-state index in [0.29, 0.717) is 26.4 Å². The van der Waals surface area contributed by atoms with Gasteiger partial charge in [0.2, 0.25) is 0 Å². The monoisotopic (exact) mass is 281 g/mol. The van der Waals surface area contributed by atoms with Gasteiger partial charge in [-0.05, 0) is 13.8 Å². The highest BCUT2D eigenvalue weighted by Gasteiger charge is 2.21. The molecule has 1 aliphatic rings. The van der Waals surface area contributed by atoms with Gasteiger partial charge in [-0.15, -0.1) is 0 Å². The van der Waals surface area contributed by atoms with Crippen molar-refractivity contribution in [2.75, 3.05) is 40.1 Å². The molecule has 1 aromatic heterocycles. The predicted octanol–water partition coefficient (Wildman–Crippen LogP) is 0.917. The van der Waals surface area contributed by atoms with Gasteiger partial charge in [-0.1, -0.05) is 0 Å². The van der Waals surface area contributed by atoms with E-state index in [9.17, 15) is 0 Å². The Morgan fingerprint density at radius 2 is 2.00 bits per heavy atom. The third kappa shape index (κ3) is 3.96. The summed E-state index contributed by atoms with van der Waals surface area (Å²) in [6.45, 7) is 8.07. The van der Waals surface area contributed by atoms with Gasteiger partial charge >= 0.3 is 0 Å². The minimum Gasteiger partial charge on any atom is -0.383 e. The summed E-state index contributed by atoms with van der Waals surface area (Å²) < 4.78 is 16.1. The minimum absolute atomic E-state index is 0.142. The van der Waals surface area contributed by atoms with Gasteiger partial charge in [-0.3, -0.25) is 0 Å². The SMILES string of the molecule is COCCNCc1c(C)nc(C2COCCO2)nc1C. The van der Waals surface area contributed by atoms with Crippen LogP contribution in [0.25, 0.3) is 0 Å². The lowest BCUT2D eigenvalue weighted by Gasteiger charge is -2.23. The smallest absolute Gasteiger partial charge is 0.160 e. The highest BCUT2D eigenvalue weighted by molar-refractivity contribution is 5.24. The summed E-state index contributed by atoms with van der Waals surface area (Å²) in [4.78, 5) is 9.14. The first kappa shape index (κ1) is 15.3. The molecule has 0 amide bonds. The van der Waals surface area contributed by atoms with E-state index in [2.05, 4.69) is 15.3 Å². The second-order valence-electron chi connectivity index (χ2n) is 4.84. The van der Waals surface area contributed by atoms with Crippen LogP contribution in [0.1, 0.15) is 28.9 Å². The Hall–Kier alpha value is -1.08. The molecule has 2 heterocycles. The predicted molar refractivity (Wildman–Crippen MR) is 74.6 cm³/mol. The molecule has 20 heavy (non-hydrogen) atoms. The fourth-order valence-electron chi connectivity index (χ4n) is 2.19. The first-order valence-electron chi connectivity index (χ1n) is 6.95. The normalized spacial score (nSPS) is 19.2.